The smallest absolute Gasteiger partial charge is 0.258 e. The fraction of sp³-hybridized carbons (Fsp3) is 0.176. The fourth-order valence-corrected chi connectivity index (χ4v) is 3.40. The summed E-state index contributed by atoms with van der Waals surface area (Å²) in [5.41, 5.74) is 2.35. The fourth-order valence-electron chi connectivity index (χ4n) is 2.77. The molecular weight excluding hydrogens is 310 g/mol. The number of aryl methyl sites for hydroxylation is 1. The van der Waals surface area contributed by atoms with Crippen LogP contribution in [-0.4, -0.2) is 15.8 Å². The van der Waals surface area contributed by atoms with Crippen molar-refractivity contribution in [1.82, 2.24) is 9.88 Å². The van der Waals surface area contributed by atoms with Crippen LogP contribution in [0.15, 0.2) is 52.5 Å². The van der Waals surface area contributed by atoms with Gasteiger partial charge in [-0.05, 0) is 31.2 Å². The van der Waals surface area contributed by atoms with Crippen LogP contribution >= 0.6 is 11.3 Å². The van der Waals surface area contributed by atoms with Gasteiger partial charge in [0.25, 0.3) is 5.91 Å². The molecule has 1 aliphatic heterocycles. The van der Waals surface area contributed by atoms with Crippen LogP contribution in [-0.2, 0) is 6.54 Å². The van der Waals surface area contributed by atoms with Gasteiger partial charge in [-0.15, -0.1) is 11.3 Å². The topological polar surface area (TPSA) is 58.4 Å². The number of nitrogens with zero attached hydrogens (tertiary/aromatic N) is 2. The minimum Gasteiger partial charge on any atom is -0.467 e. The van der Waals surface area contributed by atoms with Crippen LogP contribution in [0.3, 0.4) is 0 Å². The number of fused-ring (bicyclic) bond motifs is 1. The molecule has 4 rings (SSSR count). The molecule has 1 aliphatic rings. The summed E-state index contributed by atoms with van der Waals surface area (Å²) in [7, 11) is 0. The van der Waals surface area contributed by atoms with Gasteiger partial charge in [0.2, 0.25) is 0 Å². The highest BCUT2D eigenvalue weighted by molar-refractivity contribution is 7.09. The minimum atomic E-state index is -0.299. The number of nitrogens with one attached hydrogen (secondary N) is 1. The van der Waals surface area contributed by atoms with Gasteiger partial charge in [0.05, 0.1) is 29.1 Å². The zero-order chi connectivity index (χ0) is 15.8. The molecule has 1 aromatic carbocycles. The molecular formula is C17H15N3O2S. The van der Waals surface area contributed by atoms with E-state index in [1.807, 2.05) is 48.7 Å². The molecule has 3 aromatic rings. The summed E-state index contributed by atoms with van der Waals surface area (Å²) in [6.45, 7) is 2.36. The standard InChI is InChI=1S/C17H15N3O2S/c1-11-18-15(10-23-11)16-19-14-7-3-2-6-13(14)17(21)20(16)9-12-5-4-8-22-12/h2-8,10,16,19H,9H2,1H3/t16-/m1/s1. The van der Waals surface area contributed by atoms with E-state index in [2.05, 4.69) is 10.3 Å². The normalized spacial score (nSPS) is 17.0. The van der Waals surface area contributed by atoms with E-state index in [0.29, 0.717) is 12.1 Å². The number of anilines is 1. The Balaban J connectivity index is 1.76. The van der Waals surface area contributed by atoms with Gasteiger partial charge in [-0.1, -0.05) is 12.1 Å². The second-order valence-corrected chi connectivity index (χ2v) is 6.46. The summed E-state index contributed by atoms with van der Waals surface area (Å²) in [5.74, 6) is 0.725. The van der Waals surface area contributed by atoms with Crippen LogP contribution in [0.2, 0.25) is 0 Å². The lowest BCUT2D eigenvalue weighted by atomic mass is 10.1. The molecule has 0 saturated carbocycles. The largest absolute Gasteiger partial charge is 0.467 e. The van der Waals surface area contributed by atoms with Crippen LogP contribution < -0.4 is 5.32 Å². The Bertz CT molecular complexity index is 841. The first-order valence-corrected chi connectivity index (χ1v) is 8.21. The maximum atomic E-state index is 13.0. The summed E-state index contributed by atoms with van der Waals surface area (Å²) in [6.07, 6.45) is 1.32. The lowest BCUT2D eigenvalue weighted by molar-refractivity contribution is 0.0648. The number of benzene rings is 1. The summed E-state index contributed by atoms with van der Waals surface area (Å²) >= 11 is 1.58. The Morgan fingerprint density at radius 3 is 2.91 bits per heavy atom. The molecule has 0 bridgehead atoms. The summed E-state index contributed by atoms with van der Waals surface area (Å²) < 4.78 is 5.42. The minimum absolute atomic E-state index is 0.0218. The molecule has 5 nitrogen and oxygen atoms in total. The Labute approximate surface area is 137 Å². The summed E-state index contributed by atoms with van der Waals surface area (Å²) in [4.78, 5) is 19.3. The molecule has 116 valence electrons. The van der Waals surface area contributed by atoms with Crippen LogP contribution in [0.25, 0.3) is 0 Å². The number of amides is 1. The molecule has 0 unspecified atom stereocenters. The third-order valence-corrected chi connectivity index (χ3v) is 4.64. The van der Waals surface area contributed by atoms with Crippen molar-refractivity contribution in [3.8, 4) is 0 Å². The van der Waals surface area contributed by atoms with Crippen LogP contribution in [0.1, 0.15) is 33.0 Å². The highest BCUT2D eigenvalue weighted by Gasteiger charge is 2.34. The zero-order valence-corrected chi connectivity index (χ0v) is 13.3. The van der Waals surface area contributed by atoms with Crippen molar-refractivity contribution in [1.29, 1.82) is 0 Å². The van der Waals surface area contributed by atoms with Crippen molar-refractivity contribution in [3.05, 3.63) is 70.1 Å². The molecule has 1 N–H and O–H groups in total. The van der Waals surface area contributed by atoms with Gasteiger partial charge < -0.3 is 14.6 Å². The van der Waals surface area contributed by atoms with Gasteiger partial charge in [-0.3, -0.25) is 4.79 Å². The molecule has 0 spiro atoms. The average molecular weight is 325 g/mol. The highest BCUT2D eigenvalue weighted by atomic mass is 32.1. The van der Waals surface area contributed by atoms with Crippen molar-refractivity contribution in [2.75, 3.05) is 5.32 Å². The van der Waals surface area contributed by atoms with E-state index in [0.717, 1.165) is 22.1 Å². The molecule has 1 atom stereocenters. The third-order valence-electron chi connectivity index (χ3n) is 3.85. The Morgan fingerprint density at radius 1 is 1.30 bits per heavy atom. The maximum Gasteiger partial charge on any atom is 0.258 e. The number of hydrogen-bond donors (Lipinski definition) is 1. The van der Waals surface area contributed by atoms with Crippen molar-refractivity contribution in [2.24, 2.45) is 0 Å². The second kappa shape index (κ2) is 5.55. The van der Waals surface area contributed by atoms with Gasteiger partial charge in [-0.2, -0.15) is 0 Å². The number of furan rings is 1. The number of thiazole rings is 1. The summed E-state index contributed by atoms with van der Waals surface area (Å²) in [5, 5.41) is 6.39. The van der Waals surface area contributed by atoms with Crippen molar-refractivity contribution in [3.63, 3.8) is 0 Å². The maximum absolute atomic E-state index is 13.0. The predicted molar refractivity (Wildman–Crippen MR) is 88.2 cm³/mol. The van der Waals surface area contributed by atoms with Gasteiger partial charge in [-0.25, -0.2) is 4.98 Å². The van der Waals surface area contributed by atoms with Crippen LogP contribution in [0.5, 0.6) is 0 Å². The number of aromatic nitrogens is 1. The quantitative estimate of drug-likeness (QED) is 0.795. The first-order valence-electron chi connectivity index (χ1n) is 7.33. The van der Waals surface area contributed by atoms with Crippen LogP contribution in [0, 0.1) is 6.92 Å². The van der Waals surface area contributed by atoms with Crippen LogP contribution in [0.4, 0.5) is 5.69 Å². The number of carbonyl (C=O) groups excluding carboxylic acids is 1. The van der Waals surface area contributed by atoms with Gasteiger partial charge in [0.1, 0.15) is 11.9 Å². The van der Waals surface area contributed by atoms with E-state index >= 15 is 0 Å². The van der Waals surface area contributed by atoms with E-state index in [4.69, 9.17) is 4.42 Å². The van der Waals surface area contributed by atoms with E-state index in [9.17, 15) is 4.79 Å². The number of rotatable bonds is 3. The van der Waals surface area contributed by atoms with E-state index in [-0.39, 0.29) is 12.1 Å². The van der Waals surface area contributed by atoms with Crippen molar-refractivity contribution < 1.29 is 9.21 Å². The molecule has 1 amide bonds. The Morgan fingerprint density at radius 2 is 2.17 bits per heavy atom. The molecule has 2 aromatic heterocycles. The average Bonchev–Trinajstić information content (AvgIpc) is 3.21. The number of carbonyl (C=O) groups is 1. The SMILES string of the molecule is Cc1nc([C@@H]2Nc3ccccc3C(=O)N2Cc2ccco2)cs1. The van der Waals surface area contributed by atoms with Crippen molar-refractivity contribution in [2.45, 2.75) is 19.6 Å². The second-order valence-electron chi connectivity index (χ2n) is 5.40. The lowest BCUT2D eigenvalue weighted by Gasteiger charge is -2.36. The molecule has 0 aliphatic carbocycles. The van der Waals surface area contributed by atoms with E-state index < -0.39 is 0 Å². The molecule has 0 fully saturated rings. The van der Waals surface area contributed by atoms with E-state index in [1.165, 1.54) is 0 Å². The summed E-state index contributed by atoms with van der Waals surface area (Å²) in [6, 6.07) is 11.2. The molecule has 6 heteroatoms. The van der Waals surface area contributed by atoms with Gasteiger partial charge in [0, 0.05) is 11.1 Å². The van der Waals surface area contributed by atoms with Gasteiger partial charge in [0.15, 0.2) is 0 Å². The Hall–Kier alpha value is -2.60. The van der Waals surface area contributed by atoms with Crippen molar-refractivity contribution >= 4 is 22.9 Å². The third kappa shape index (κ3) is 2.51. The predicted octanol–water partition coefficient (Wildman–Crippen LogP) is 3.81. The zero-order valence-electron chi connectivity index (χ0n) is 12.5. The highest BCUT2D eigenvalue weighted by Crippen LogP contribution is 2.34. The molecule has 0 radical (unpaired) electrons. The number of para-hydroxylation sites is 1. The van der Waals surface area contributed by atoms with Gasteiger partial charge >= 0.3 is 0 Å². The lowest BCUT2D eigenvalue weighted by Crippen LogP contribution is -2.42. The number of hydrogen-bond acceptors (Lipinski definition) is 5. The first-order chi connectivity index (χ1) is 11.2. The molecule has 0 saturated heterocycles. The molecule has 23 heavy (non-hydrogen) atoms. The van der Waals surface area contributed by atoms with E-state index in [1.54, 1.807) is 22.5 Å². The molecule has 3 heterocycles. The first kappa shape index (κ1) is 14.0. The Kier molecular flexibility index (Phi) is 3.38. The monoisotopic (exact) mass is 325 g/mol.